The van der Waals surface area contributed by atoms with E-state index >= 15 is 0 Å². The maximum atomic E-state index is 3.81. The molecule has 7 aromatic rings. The molecule has 0 saturated heterocycles. The lowest BCUT2D eigenvalue weighted by atomic mass is 9.66. The van der Waals surface area contributed by atoms with E-state index in [2.05, 4.69) is 177 Å². The molecule has 9 rings (SSSR count). The van der Waals surface area contributed by atoms with Gasteiger partial charge in [0.25, 0.3) is 0 Å². The van der Waals surface area contributed by atoms with Gasteiger partial charge in [0.05, 0.1) is 5.41 Å². The Morgan fingerprint density at radius 1 is 0.422 bits per heavy atom. The lowest BCUT2D eigenvalue weighted by Gasteiger charge is -2.35. The average molecular weight is 576 g/mol. The number of nitrogens with one attached hydrogen (secondary N) is 1. The van der Waals surface area contributed by atoms with Crippen molar-refractivity contribution < 1.29 is 0 Å². The lowest BCUT2D eigenvalue weighted by molar-refractivity contribution is 0.660. The van der Waals surface area contributed by atoms with Gasteiger partial charge in [-0.3, -0.25) is 0 Å². The molecule has 1 heteroatoms. The van der Waals surface area contributed by atoms with E-state index in [1.807, 2.05) is 0 Å². The Balaban J connectivity index is 1.25. The molecule has 2 aliphatic rings. The van der Waals surface area contributed by atoms with Gasteiger partial charge >= 0.3 is 0 Å². The highest BCUT2D eigenvalue weighted by Crippen LogP contribution is 2.58. The summed E-state index contributed by atoms with van der Waals surface area (Å²) in [5.74, 6) is 0. The van der Waals surface area contributed by atoms with Crippen LogP contribution in [0.5, 0.6) is 0 Å². The van der Waals surface area contributed by atoms with E-state index in [9.17, 15) is 0 Å². The predicted molar refractivity (Wildman–Crippen MR) is 189 cm³/mol. The largest absolute Gasteiger partial charge is 0.356 e. The minimum Gasteiger partial charge on any atom is -0.356 e. The van der Waals surface area contributed by atoms with Crippen LogP contribution in [0.1, 0.15) is 47.2 Å². The van der Waals surface area contributed by atoms with Crippen molar-refractivity contribution in [3.8, 4) is 22.3 Å². The monoisotopic (exact) mass is 575 g/mol. The van der Waals surface area contributed by atoms with Crippen LogP contribution in [0.15, 0.2) is 158 Å². The van der Waals surface area contributed by atoms with Crippen LogP contribution in [-0.2, 0) is 10.8 Å². The Morgan fingerprint density at radius 2 is 1.07 bits per heavy atom. The number of hydrogen-bond acceptors (Lipinski definition) is 1. The zero-order chi connectivity index (χ0) is 30.2. The number of hydrogen-bond donors (Lipinski definition) is 1. The van der Waals surface area contributed by atoms with Crippen LogP contribution >= 0.6 is 0 Å². The zero-order valence-corrected chi connectivity index (χ0v) is 25.5. The van der Waals surface area contributed by atoms with Crippen molar-refractivity contribution in [1.29, 1.82) is 0 Å². The summed E-state index contributed by atoms with van der Waals surface area (Å²) in [5.41, 5.74) is 15.0. The van der Waals surface area contributed by atoms with Gasteiger partial charge in [-0.1, -0.05) is 147 Å². The molecule has 1 atom stereocenters. The van der Waals surface area contributed by atoms with Crippen molar-refractivity contribution in [2.45, 2.75) is 24.7 Å². The van der Waals surface area contributed by atoms with Crippen LogP contribution in [0.3, 0.4) is 0 Å². The Labute approximate surface area is 264 Å². The van der Waals surface area contributed by atoms with Gasteiger partial charge in [0.15, 0.2) is 0 Å². The van der Waals surface area contributed by atoms with E-state index in [0.717, 1.165) is 11.4 Å². The molecule has 0 heterocycles. The Morgan fingerprint density at radius 3 is 1.91 bits per heavy atom. The van der Waals surface area contributed by atoms with Crippen LogP contribution < -0.4 is 5.32 Å². The van der Waals surface area contributed by atoms with Crippen molar-refractivity contribution in [1.82, 2.24) is 0 Å². The van der Waals surface area contributed by atoms with E-state index < -0.39 is 5.41 Å². The first-order valence-corrected chi connectivity index (χ1v) is 15.9. The maximum absolute atomic E-state index is 3.81. The lowest BCUT2D eigenvalue weighted by Crippen LogP contribution is -2.29. The van der Waals surface area contributed by atoms with Crippen molar-refractivity contribution in [2.75, 3.05) is 5.32 Å². The summed E-state index contributed by atoms with van der Waals surface area (Å²) < 4.78 is 0. The summed E-state index contributed by atoms with van der Waals surface area (Å²) in [5, 5.41) is 6.37. The second kappa shape index (κ2) is 9.55. The van der Waals surface area contributed by atoms with E-state index in [1.165, 1.54) is 66.4 Å². The van der Waals surface area contributed by atoms with E-state index in [1.54, 1.807) is 0 Å². The van der Waals surface area contributed by atoms with Crippen LogP contribution in [0.4, 0.5) is 11.4 Å². The topological polar surface area (TPSA) is 12.0 Å². The van der Waals surface area contributed by atoms with Crippen molar-refractivity contribution in [3.05, 3.63) is 191 Å². The van der Waals surface area contributed by atoms with E-state index in [-0.39, 0.29) is 5.41 Å². The summed E-state index contributed by atoms with van der Waals surface area (Å²) in [6.07, 6.45) is 0. The highest BCUT2D eigenvalue weighted by molar-refractivity contribution is 6.00. The standard InChI is InChI=1S/C44H33N/c1-43(2)39-21-10-8-20-36(39)38-28-33(24-26-40(38)43)45-32-17-12-16-31(27-32)44(30-14-4-3-5-15-30)41-22-11-9-19-35(41)37-25-23-29-13-6-7-18-34(29)42(37)44/h3-28,45H,1-2H3. The van der Waals surface area contributed by atoms with E-state index in [0.29, 0.717) is 0 Å². The third-order valence-corrected chi connectivity index (χ3v) is 10.3. The molecule has 1 nitrogen and oxygen atoms in total. The van der Waals surface area contributed by atoms with Crippen molar-refractivity contribution >= 4 is 22.1 Å². The summed E-state index contributed by atoms with van der Waals surface area (Å²) >= 11 is 0. The van der Waals surface area contributed by atoms with Crippen molar-refractivity contribution in [3.63, 3.8) is 0 Å². The molecule has 7 aromatic carbocycles. The van der Waals surface area contributed by atoms with Gasteiger partial charge in [-0.05, 0) is 90.7 Å². The number of rotatable bonds is 4. The molecule has 0 bridgehead atoms. The Hall–Kier alpha value is -5.40. The molecule has 214 valence electrons. The molecule has 1 unspecified atom stereocenters. The summed E-state index contributed by atoms with van der Waals surface area (Å²) in [7, 11) is 0. The molecule has 0 aliphatic heterocycles. The normalized spacial score (nSPS) is 16.9. The van der Waals surface area contributed by atoms with Crippen molar-refractivity contribution in [2.24, 2.45) is 0 Å². The van der Waals surface area contributed by atoms with E-state index in [4.69, 9.17) is 0 Å². The SMILES string of the molecule is CC1(C)c2ccccc2-c2cc(Nc3cccc(C4(c5ccccc5)c5ccccc5-c5ccc6ccccc6c54)c3)ccc21. The molecular formula is C44H33N. The number of benzene rings is 7. The Kier molecular flexibility index (Phi) is 5.53. The van der Waals surface area contributed by atoms with Crippen LogP contribution in [0.2, 0.25) is 0 Å². The minimum atomic E-state index is -0.466. The first kappa shape index (κ1) is 26.0. The summed E-state index contributed by atoms with van der Waals surface area (Å²) in [6.45, 7) is 4.66. The maximum Gasteiger partial charge on any atom is 0.0720 e. The van der Waals surface area contributed by atoms with Gasteiger partial charge in [-0.25, -0.2) is 0 Å². The molecule has 0 amide bonds. The molecule has 1 N–H and O–H groups in total. The van der Waals surface area contributed by atoms with Crippen LogP contribution in [-0.4, -0.2) is 0 Å². The molecule has 0 saturated carbocycles. The van der Waals surface area contributed by atoms with Gasteiger partial charge < -0.3 is 5.32 Å². The summed E-state index contributed by atoms with van der Waals surface area (Å²) in [4.78, 5) is 0. The quantitative estimate of drug-likeness (QED) is 0.220. The summed E-state index contributed by atoms with van der Waals surface area (Å²) in [6, 6.07) is 58.3. The molecular weight excluding hydrogens is 542 g/mol. The van der Waals surface area contributed by atoms with Gasteiger partial charge in [-0.2, -0.15) is 0 Å². The molecule has 0 fully saturated rings. The first-order valence-electron chi connectivity index (χ1n) is 15.9. The fourth-order valence-corrected chi connectivity index (χ4v) is 8.33. The molecule has 0 spiro atoms. The average Bonchev–Trinajstić information content (AvgIpc) is 3.52. The molecule has 2 aliphatic carbocycles. The second-order valence-corrected chi connectivity index (χ2v) is 13.0. The van der Waals surface area contributed by atoms with Gasteiger partial charge in [-0.15, -0.1) is 0 Å². The van der Waals surface area contributed by atoms with Crippen LogP contribution in [0.25, 0.3) is 33.0 Å². The van der Waals surface area contributed by atoms with Gasteiger partial charge in [0, 0.05) is 16.8 Å². The predicted octanol–water partition coefficient (Wildman–Crippen LogP) is 11.3. The first-order chi connectivity index (χ1) is 22.1. The zero-order valence-electron chi connectivity index (χ0n) is 25.5. The van der Waals surface area contributed by atoms with Crippen LogP contribution in [0, 0.1) is 0 Å². The smallest absolute Gasteiger partial charge is 0.0720 e. The minimum absolute atomic E-state index is 0.00152. The fourth-order valence-electron chi connectivity index (χ4n) is 8.33. The number of anilines is 2. The highest BCUT2D eigenvalue weighted by Gasteiger charge is 2.47. The fraction of sp³-hybridized carbons (Fsp3) is 0.0909. The van der Waals surface area contributed by atoms with Gasteiger partial charge in [0.2, 0.25) is 0 Å². The highest BCUT2D eigenvalue weighted by atomic mass is 14.9. The molecule has 0 aromatic heterocycles. The second-order valence-electron chi connectivity index (χ2n) is 13.0. The molecule has 45 heavy (non-hydrogen) atoms. The third kappa shape index (κ3) is 3.61. The molecule has 0 radical (unpaired) electrons. The van der Waals surface area contributed by atoms with Gasteiger partial charge in [0.1, 0.15) is 0 Å². The Bertz CT molecular complexity index is 2280. The third-order valence-electron chi connectivity index (χ3n) is 10.3. The number of fused-ring (bicyclic) bond motifs is 8.